The third kappa shape index (κ3) is 4.29. The highest BCUT2D eigenvalue weighted by Gasteiger charge is 2.34. The van der Waals surface area contributed by atoms with Gasteiger partial charge in [-0.3, -0.25) is 4.79 Å². The number of hydrogen-bond donors (Lipinski definition) is 1. The Morgan fingerprint density at radius 3 is 2.83 bits per heavy atom. The Hall–Kier alpha value is -1.01. The van der Waals surface area contributed by atoms with E-state index in [-0.39, 0.29) is 17.1 Å². The average molecular weight is 340 g/mol. The summed E-state index contributed by atoms with van der Waals surface area (Å²) in [5, 5.41) is 10.7. The summed E-state index contributed by atoms with van der Waals surface area (Å²) in [4.78, 5) is 19.1. The van der Waals surface area contributed by atoms with Crippen LogP contribution in [0.5, 0.6) is 0 Å². The van der Waals surface area contributed by atoms with Crippen molar-refractivity contribution < 1.29 is 9.90 Å². The first-order valence-electron chi connectivity index (χ1n) is 8.51. The van der Waals surface area contributed by atoms with Gasteiger partial charge in [0.2, 0.25) is 5.91 Å². The van der Waals surface area contributed by atoms with Gasteiger partial charge in [-0.05, 0) is 24.5 Å². The molecule has 1 aromatic heterocycles. The zero-order valence-corrected chi connectivity index (χ0v) is 15.4. The number of aliphatic hydroxyl groups excluding tert-OH is 1. The highest BCUT2D eigenvalue weighted by atomic mass is 32.2. The Balaban J connectivity index is 2.05. The van der Waals surface area contributed by atoms with Crippen molar-refractivity contribution in [2.45, 2.75) is 45.0 Å². The Labute approximate surface area is 143 Å². The van der Waals surface area contributed by atoms with Crippen LogP contribution in [-0.4, -0.2) is 49.6 Å². The zero-order chi connectivity index (χ0) is 17.0. The van der Waals surface area contributed by atoms with Crippen molar-refractivity contribution in [1.29, 1.82) is 0 Å². The summed E-state index contributed by atoms with van der Waals surface area (Å²) in [6, 6.07) is 0. The molecule has 1 aliphatic heterocycles. The molecule has 1 saturated heterocycles. The van der Waals surface area contributed by atoms with Gasteiger partial charge in [0.1, 0.15) is 11.9 Å². The third-order valence-corrected chi connectivity index (χ3v) is 5.97. The maximum Gasteiger partial charge on any atom is 0.235 e. The van der Waals surface area contributed by atoms with Crippen LogP contribution in [0.3, 0.4) is 0 Å². The summed E-state index contributed by atoms with van der Waals surface area (Å²) < 4.78 is 1.86. The molecule has 6 heteroatoms. The lowest BCUT2D eigenvalue weighted by Crippen LogP contribution is -2.46. The van der Waals surface area contributed by atoms with E-state index in [0.29, 0.717) is 18.3 Å². The number of piperidine rings is 1. The molecule has 1 aromatic rings. The maximum absolute atomic E-state index is 12.9. The largest absolute Gasteiger partial charge is 0.385 e. The van der Waals surface area contributed by atoms with Crippen LogP contribution < -0.4 is 0 Å². The number of hydrogen-bond acceptors (Lipinski definition) is 4. The summed E-state index contributed by atoms with van der Waals surface area (Å²) in [5.41, 5.74) is 0. The summed E-state index contributed by atoms with van der Waals surface area (Å²) in [7, 11) is 1.89. The van der Waals surface area contributed by atoms with Gasteiger partial charge in [0, 0.05) is 38.4 Å². The Kier molecular flexibility index (Phi) is 6.53. The molecule has 3 atom stereocenters. The van der Waals surface area contributed by atoms with E-state index >= 15 is 0 Å². The van der Waals surface area contributed by atoms with Crippen LogP contribution in [0.15, 0.2) is 12.4 Å². The van der Waals surface area contributed by atoms with Crippen LogP contribution in [-0.2, 0) is 11.8 Å². The van der Waals surface area contributed by atoms with Gasteiger partial charge in [-0.25, -0.2) is 4.98 Å². The minimum Gasteiger partial charge on any atom is -0.385 e. The highest BCUT2D eigenvalue weighted by molar-refractivity contribution is 8.00. The van der Waals surface area contributed by atoms with Crippen molar-refractivity contribution in [3.05, 3.63) is 18.2 Å². The molecule has 0 aromatic carbocycles. The molecule has 0 saturated carbocycles. The van der Waals surface area contributed by atoms with Crippen LogP contribution in [0.4, 0.5) is 0 Å². The number of imidazole rings is 1. The molecule has 1 fully saturated rings. The van der Waals surface area contributed by atoms with E-state index < -0.39 is 6.10 Å². The smallest absolute Gasteiger partial charge is 0.235 e. The topological polar surface area (TPSA) is 58.4 Å². The van der Waals surface area contributed by atoms with E-state index in [1.165, 1.54) is 0 Å². The van der Waals surface area contributed by atoms with Crippen molar-refractivity contribution >= 4 is 17.7 Å². The number of likely N-dealkylation sites (tertiary alicyclic amines) is 1. The molecular weight excluding hydrogens is 310 g/mol. The van der Waals surface area contributed by atoms with Crippen molar-refractivity contribution in [3.8, 4) is 0 Å². The molecule has 3 unspecified atom stereocenters. The van der Waals surface area contributed by atoms with Gasteiger partial charge in [-0.15, -0.1) is 11.8 Å². The molecule has 0 spiro atoms. The maximum atomic E-state index is 12.9. The van der Waals surface area contributed by atoms with Crippen molar-refractivity contribution in [3.63, 3.8) is 0 Å². The molecule has 1 aliphatic rings. The molecule has 2 rings (SSSR count). The summed E-state index contributed by atoms with van der Waals surface area (Å²) in [6.07, 6.45) is 4.82. The molecule has 23 heavy (non-hydrogen) atoms. The van der Waals surface area contributed by atoms with Crippen molar-refractivity contribution in [1.82, 2.24) is 14.5 Å². The van der Waals surface area contributed by atoms with Crippen molar-refractivity contribution in [2.75, 3.05) is 18.8 Å². The van der Waals surface area contributed by atoms with Crippen molar-refractivity contribution in [2.24, 2.45) is 18.9 Å². The van der Waals surface area contributed by atoms with Gasteiger partial charge in [0.15, 0.2) is 0 Å². The van der Waals surface area contributed by atoms with E-state index in [1.54, 1.807) is 18.0 Å². The number of thioether (sulfide) groups is 1. The Morgan fingerprint density at radius 2 is 2.26 bits per heavy atom. The van der Waals surface area contributed by atoms with Gasteiger partial charge in [0.25, 0.3) is 0 Å². The fraction of sp³-hybridized carbons (Fsp3) is 0.765. The van der Waals surface area contributed by atoms with Crippen LogP contribution in [0.2, 0.25) is 0 Å². The minimum atomic E-state index is -0.609. The molecule has 0 radical (unpaired) electrons. The van der Waals surface area contributed by atoms with E-state index in [4.69, 9.17) is 0 Å². The van der Waals surface area contributed by atoms with E-state index in [2.05, 4.69) is 25.8 Å². The van der Waals surface area contributed by atoms with E-state index in [1.807, 2.05) is 22.7 Å². The quantitative estimate of drug-likeness (QED) is 0.865. The van der Waals surface area contributed by atoms with Gasteiger partial charge in [-0.2, -0.15) is 0 Å². The Bertz CT molecular complexity index is 518. The molecule has 5 nitrogen and oxygen atoms in total. The second-order valence-electron chi connectivity index (χ2n) is 6.65. The molecule has 2 heterocycles. The van der Waals surface area contributed by atoms with Crippen LogP contribution >= 0.6 is 11.8 Å². The van der Waals surface area contributed by atoms with Gasteiger partial charge >= 0.3 is 0 Å². The molecule has 0 bridgehead atoms. The monoisotopic (exact) mass is 339 g/mol. The normalized spacial score (nSPS) is 21.5. The number of aliphatic hydroxyl groups is 1. The average Bonchev–Trinajstić information content (AvgIpc) is 2.97. The summed E-state index contributed by atoms with van der Waals surface area (Å²) in [6.45, 7) is 7.73. The standard InChI is InChI=1S/C17H29N3O2S/c1-5-23-15(12(2)3)17(22)20-9-6-7-13(11-20)14(21)16-18-8-10-19(16)4/h8,10,12-15,21H,5-7,9,11H2,1-4H3. The van der Waals surface area contributed by atoms with E-state index in [0.717, 1.165) is 25.1 Å². The molecule has 1 amide bonds. The molecule has 0 aliphatic carbocycles. The van der Waals surface area contributed by atoms with Gasteiger partial charge in [0.05, 0.1) is 5.25 Å². The van der Waals surface area contributed by atoms with Crippen LogP contribution in [0.25, 0.3) is 0 Å². The number of nitrogens with zero attached hydrogens (tertiary/aromatic N) is 3. The van der Waals surface area contributed by atoms with Crippen LogP contribution in [0.1, 0.15) is 45.5 Å². The SMILES string of the molecule is CCSC(C(=O)N1CCCC(C(O)c2nccn2C)C1)C(C)C. The third-order valence-electron chi connectivity index (χ3n) is 4.53. The predicted molar refractivity (Wildman–Crippen MR) is 94.2 cm³/mol. The summed E-state index contributed by atoms with van der Waals surface area (Å²) in [5.74, 6) is 2.25. The minimum absolute atomic E-state index is 0.0176. The number of amides is 1. The second kappa shape index (κ2) is 8.20. The number of carbonyl (C=O) groups is 1. The Morgan fingerprint density at radius 1 is 1.52 bits per heavy atom. The number of carbonyl (C=O) groups excluding carboxylic acids is 1. The second-order valence-corrected chi connectivity index (χ2v) is 8.07. The lowest BCUT2D eigenvalue weighted by molar-refractivity contribution is -0.134. The zero-order valence-electron chi connectivity index (χ0n) is 14.6. The fourth-order valence-corrected chi connectivity index (χ4v) is 4.28. The first kappa shape index (κ1) is 18.3. The van der Waals surface area contributed by atoms with Gasteiger partial charge < -0.3 is 14.6 Å². The lowest BCUT2D eigenvalue weighted by Gasteiger charge is -2.37. The number of rotatable bonds is 6. The highest BCUT2D eigenvalue weighted by Crippen LogP contribution is 2.31. The molecule has 130 valence electrons. The molecule has 1 N–H and O–H groups in total. The molecular formula is C17H29N3O2S. The summed E-state index contributed by atoms with van der Waals surface area (Å²) >= 11 is 1.73. The van der Waals surface area contributed by atoms with Gasteiger partial charge in [-0.1, -0.05) is 20.8 Å². The van der Waals surface area contributed by atoms with E-state index in [9.17, 15) is 9.90 Å². The first-order chi connectivity index (χ1) is 11.0. The lowest BCUT2D eigenvalue weighted by atomic mass is 9.91. The number of aromatic nitrogens is 2. The number of aryl methyl sites for hydroxylation is 1. The first-order valence-corrected chi connectivity index (χ1v) is 9.56. The fourth-order valence-electron chi connectivity index (χ4n) is 3.25. The van der Waals surface area contributed by atoms with Crippen LogP contribution in [0, 0.1) is 11.8 Å². The predicted octanol–water partition coefficient (Wildman–Crippen LogP) is 2.47.